The molecule has 0 bridgehead atoms. The lowest BCUT2D eigenvalue weighted by Crippen LogP contribution is -2.63. The van der Waals surface area contributed by atoms with Gasteiger partial charge in [0.1, 0.15) is 8.07 Å². The number of benzene rings is 10. The van der Waals surface area contributed by atoms with Gasteiger partial charge >= 0.3 is 0 Å². The Kier molecular flexibility index (Phi) is 7.36. The molecule has 0 saturated carbocycles. The van der Waals surface area contributed by atoms with Gasteiger partial charge in [-0.2, -0.15) is 0 Å². The van der Waals surface area contributed by atoms with Crippen LogP contribution < -0.4 is 15.3 Å². The smallest absolute Gasteiger partial charge is 0.113 e. The monoisotopic (exact) mass is 767 g/mol. The molecule has 1 heterocycles. The average molecular weight is 768 g/mol. The summed E-state index contributed by atoms with van der Waals surface area (Å²) in [5, 5.41) is 10.6. The zero-order chi connectivity index (χ0) is 39.3. The van der Waals surface area contributed by atoms with Crippen molar-refractivity contribution in [3.8, 4) is 22.3 Å². The summed E-state index contributed by atoms with van der Waals surface area (Å²) in [5.74, 6) is 0. The maximum atomic E-state index is 2.58. The molecule has 10 aromatic rings. The van der Waals surface area contributed by atoms with Gasteiger partial charge in [0.2, 0.25) is 0 Å². The minimum atomic E-state index is -2.28. The van der Waals surface area contributed by atoms with Gasteiger partial charge in [-0.15, -0.1) is 0 Å². The Balaban J connectivity index is 1.13. The van der Waals surface area contributed by atoms with Gasteiger partial charge in [-0.3, -0.25) is 0 Å². The normalized spacial score (nSPS) is 15.8. The van der Waals surface area contributed by atoms with E-state index in [0.717, 1.165) is 5.69 Å². The highest BCUT2D eigenvalue weighted by molar-refractivity contribution is 7.01. The first-order valence-corrected chi connectivity index (χ1v) is 23.8. The van der Waals surface area contributed by atoms with Crippen molar-refractivity contribution in [2.75, 3.05) is 4.90 Å². The number of hydrogen-bond acceptors (Lipinski definition) is 1. The van der Waals surface area contributed by atoms with E-state index in [-0.39, 0.29) is 0 Å². The Morgan fingerprint density at radius 3 is 1.88 bits per heavy atom. The molecule has 1 nitrogen and oxygen atoms in total. The summed E-state index contributed by atoms with van der Waals surface area (Å²) >= 11 is 0. The highest BCUT2D eigenvalue weighted by Gasteiger charge is 2.52. The van der Waals surface area contributed by atoms with E-state index in [4.69, 9.17) is 0 Å². The van der Waals surface area contributed by atoms with Gasteiger partial charge in [-0.05, 0) is 118 Å². The third-order valence-electron chi connectivity index (χ3n) is 13.5. The Bertz CT molecular complexity index is 3310. The van der Waals surface area contributed by atoms with Gasteiger partial charge in [0.25, 0.3) is 0 Å². The summed E-state index contributed by atoms with van der Waals surface area (Å²) in [5.41, 5.74) is 13.7. The van der Waals surface area contributed by atoms with E-state index < -0.39 is 13.5 Å². The minimum absolute atomic E-state index is 0.471. The SMILES string of the molecule is C[Si]1(C)c2ccccc2C2(c3ccccc3-c3cccc4cccc2c34)c2ccc(N(c3ccc4cc(-c5ccccc5)ccc4c3)c3cccc4ccccc34)cc21. The predicted molar refractivity (Wildman–Crippen MR) is 253 cm³/mol. The fourth-order valence-electron chi connectivity index (χ4n) is 10.8. The molecule has 1 aliphatic heterocycles. The predicted octanol–water partition coefficient (Wildman–Crippen LogP) is 13.8. The molecule has 59 heavy (non-hydrogen) atoms. The van der Waals surface area contributed by atoms with Crippen LogP contribution in [-0.4, -0.2) is 8.07 Å². The van der Waals surface area contributed by atoms with Crippen molar-refractivity contribution in [2.24, 2.45) is 0 Å². The molecule has 1 unspecified atom stereocenters. The molecule has 0 radical (unpaired) electrons. The third-order valence-corrected chi connectivity index (χ3v) is 17.0. The lowest BCUT2D eigenvalue weighted by Gasteiger charge is -2.50. The molecule has 1 aliphatic carbocycles. The van der Waals surface area contributed by atoms with Crippen LogP contribution in [0.4, 0.5) is 17.1 Å². The van der Waals surface area contributed by atoms with Crippen molar-refractivity contribution < 1.29 is 0 Å². The van der Waals surface area contributed by atoms with Crippen molar-refractivity contribution >= 4 is 67.8 Å². The number of anilines is 3. The molecule has 0 N–H and O–H groups in total. The molecule has 10 aromatic carbocycles. The van der Waals surface area contributed by atoms with Gasteiger partial charge in [0, 0.05) is 16.8 Å². The van der Waals surface area contributed by atoms with E-state index >= 15 is 0 Å². The first-order chi connectivity index (χ1) is 29.0. The Morgan fingerprint density at radius 1 is 0.373 bits per heavy atom. The maximum absolute atomic E-state index is 2.58. The van der Waals surface area contributed by atoms with Crippen molar-refractivity contribution in [3.63, 3.8) is 0 Å². The van der Waals surface area contributed by atoms with Crippen LogP contribution >= 0.6 is 0 Å². The van der Waals surface area contributed by atoms with Crippen LogP contribution in [0.1, 0.15) is 22.3 Å². The second-order valence-corrected chi connectivity index (χ2v) is 21.2. The molecule has 1 atom stereocenters. The van der Waals surface area contributed by atoms with Gasteiger partial charge in [-0.1, -0.05) is 189 Å². The molecule has 278 valence electrons. The van der Waals surface area contributed by atoms with Crippen LogP contribution in [0.15, 0.2) is 212 Å². The highest BCUT2D eigenvalue weighted by atomic mass is 28.3. The molecule has 12 rings (SSSR count). The number of hydrogen-bond donors (Lipinski definition) is 0. The topological polar surface area (TPSA) is 3.24 Å². The zero-order valence-electron chi connectivity index (χ0n) is 33.2. The molecular formula is C57H41NSi. The van der Waals surface area contributed by atoms with Crippen molar-refractivity contribution in [1.82, 2.24) is 0 Å². The third kappa shape index (κ3) is 4.84. The van der Waals surface area contributed by atoms with E-state index in [1.807, 2.05) is 0 Å². The van der Waals surface area contributed by atoms with Crippen molar-refractivity contribution in [2.45, 2.75) is 18.5 Å². The molecule has 1 spiro atoms. The highest BCUT2D eigenvalue weighted by Crippen LogP contribution is 2.56. The van der Waals surface area contributed by atoms with E-state index in [2.05, 4.69) is 230 Å². The summed E-state index contributed by atoms with van der Waals surface area (Å²) in [6, 6.07) is 80.0. The molecule has 0 fully saturated rings. The summed E-state index contributed by atoms with van der Waals surface area (Å²) in [6.45, 7) is 5.13. The van der Waals surface area contributed by atoms with E-state index in [1.165, 1.54) is 98.6 Å². The molecule has 0 amide bonds. The second-order valence-electron chi connectivity index (χ2n) is 16.9. The summed E-state index contributed by atoms with van der Waals surface area (Å²) in [6.07, 6.45) is 0. The first kappa shape index (κ1) is 34.1. The van der Waals surface area contributed by atoms with E-state index in [9.17, 15) is 0 Å². The van der Waals surface area contributed by atoms with Crippen molar-refractivity contribution in [3.05, 3.63) is 235 Å². The second kappa shape index (κ2) is 12.7. The summed E-state index contributed by atoms with van der Waals surface area (Å²) < 4.78 is 0. The van der Waals surface area contributed by atoms with Gasteiger partial charge < -0.3 is 4.90 Å². The number of rotatable bonds is 4. The quantitative estimate of drug-likeness (QED) is 0.161. The zero-order valence-corrected chi connectivity index (χ0v) is 34.2. The summed E-state index contributed by atoms with van der Waals surface area (Å²) in [7, 11) is -2.28. The molecule has 0 aromatic heterocycles. The Hall–Kier alpha value is -7.00. The molecule has 2 heteroatoms. The van der Waals surface area contributed by atoms with Crippen LogP contribution in [0.5, 0.6) is 0 Å². The van der Waals surface area contributed by atoms with Crippen LogP contribution in [-0.2, 0) is 5.41 Å². The number of fused-ring (bicyclic) bond motifs is 10. The van der Waals surface area contributed by atoms with Crippen LogP contribution in [0.3, 0.4) is 0 Å². The Labute approximate surface area is 346 Å². The fourth-order valence-corrected chi connectivity index (χ4v) is 14.0. The Morgan fingerprint density at radius 2 is 0.983 bits per heavy atom. The van der Waals surface area contributed by atoms with Crippen molar-refractivity contribution in [1.29, 1.82) is 0 Å². The lowest BCUT2D eigenvalue weighted by atomic mass is 9.59. The van der Waals surface area contributed by atoms with Crippen LogP contribution in [0.25, 0.3) is 54.6 Å². The molecule has 2 aliphatic rings. The fraction of sp³-hybridized carbons (Fsp3) is 0.0526. The van der Waals surface area contributed by atoms with Crippen LogP contribution in [0, 0.1) is 0 Å². The molecular weight excluding hydrogens is 727 g/mol. The minimum Gasteiger partial charge on any atom is -0.310 e. The standard InChI is InChI=1S/C57H41NSi/c1-59(2)54-28-11-10-25-50(54)57(49-24-9-8-22-47(49)48-23-12-19-40-20-13-26-52(57)56(40)48)51-34-33-45(37-55(51)59)58(53-27-14-18-39-17-6-7-21-46(39)53)44-32-31-42-35-41(29-30-43(42)36-44)38-15-4-3-5-16-38/h3-37H,1-2H3. The van der Waals surface area contributed by atoms with Gasteiger partial charge in [-0.25, -0.2) is 0 Å². The first-order valence-electron chi connectivity index (χ1n) is 20.8. The largest absolute Gasteiger partial charge is 0.310 e. The van der Waals surface area contributed by atoms with Crippen LogP contribution in [0.2, 0.25) is 13.1 Å². The van der Waals surface area contributed by atoms with E-state index in [0.29, 0.717) is 0 Å². The maximum Gasteiger partial charge on any atom is 0.113 e. The van der Waals surface area contributed by atoms with Gasteiger partial charge in [0.05, 0.1) is 11.1 Å². The lowest BCUT2D eigenvalue weighted by molar-refractivity contribution is 0.754. The molecule has 0 saturated heterocycles. The van der Waals surface area contributed by atoms with Gasteiger partial charge in [0.15, 0.2) is 0 Å². The van der Waals surface area contributed by atoms with E-state index in [1.54, 1.807) is 0 Å². The summed E-state index contributed by atoms with van der Waals surface area (Å²) in [4.78, 5) is 2.51. The average Bonchev–Trinajstić information content (AvgIpc) is 3.29. The number of nitrogens with zero attached hydrogens (tertiary/aromatic N) is 1.